The van der Waals surface area contributed by atoms with Crippen LogP contribution in [0.3, 0.4) is 0 Å². The molecule has 40 heavy (non-hydrogen) atoms. The summed E-state index contributed by atoms with van der Waals surface area (Å²) < 4.78 is 18.1. The minimum atomic E-state index is -0.901. The molecule has 6 nitrogen and oxygen atoms in total. The number of rotatable bonds is 10. The molecule has 1 aliphatic heterocycles. The van der Waals surface area contributed by atoms with Gasteiger partial charge in [-0.15, -0.1) is 0 Å². The van der Waals surface area contributed by atoms with Gasteiger partial charge in [0.05, 0.1) is 10.0 Å². The van der Waals surface area contributed by atoms with Crippen LogP contribution in [0.15, 0.2) is 91.0 Å². The van der Waals surface area contributed by atoms with E-state index in [1.54, 1.807) is 12.1 Å². The summed E-state index contributed by atoms with van der Waals surface area (Å²) >= 11 is 12.1. The van der Waals surface area contributed by atoms with Crippen LogP contribution in [-0.2, 0) is 17.8 Å². The van der Waals surface area contributed by atoms with Crippen molar-refractivity contribution in [3.63, 3.8) is 0 Å². The van der Waals surface area contributed by atoms with Gasteiger partial charge in [-0.2, -0.15) is 0 Å². The first-order chi connectivity index (χ1) is 19.4. The first-order valence-electron chi connectivity index (χ1n) is 13.0. The zero-order valence-electron chi connectivity index (χ0n) is 21.8. The largest absolute Gasteiger partial charge is 0.489 e. The lowest BCUT2D eigenvalue weighted by atomic mass is 10.0. The number of hydrogen-bond donors (Lipinski definition) is 2. The molecule has 206 valence electrons. The Labute approximate surface area is 243 Å². The number of carbonyl (C=O) groups is 1. The molecule has 5 rings (SSSR count). The van der Waals surface area contributed by atoms with E-state index in [0.717, 1.165) is 28.0 Å². The van der Waals surface area contributed by atoms with Crippen molar-refractivity contribution in [3.05, 3.63) is 123 Å². The molecule has 1 aliphatic rings. The molecule has 4 aromatic rings. The highest BCUT2D eigenvalue weighted by molar-refractivity contribution is 6.42. The number of fused-ring (bicyclic) bond motifs is 1. The molecule has 0 unspecified atom stereocenters. The van der Waals surface area contributed by atoms with Gasteiger partial charge >= 0.3 is 5.97 Å². The van der Waals surface area contributed by atoms with Crippen LogP contribution in [0, 0.1) is 0 Å². The number of hydrogen-bond acceptors (Lipinski definition) is 5. The second-order valence-electron chi connectivity index (χ2n) is 9.70. The predicted octanol–water partition coefficient (Wildman–Crippen LogP) is 7.43. The number of nitrogens with one attached hydrogen (secondary N) is 1. The molecule has 0 fully saturated rings. The van der Waals surface area contributed by atoms with Crippen LogP contribution in [0.25, 0.3) is 0 Å². The number of carboxylic acids is 1. The van der Waals surface area contributed by atoms with Crippen molar-refractivity contribution in [1.29, 1.82) is 0 Å². The van der Waals surface area contributed by atoms with Gasteiger partial charge in [0.15, 0.2) is 17.6 Å². The van der Waals surface area contributed by atoms with Crippen molar-refractivity contribution in [2.24, 2.45) is 0 Å². The maximum Gasteiger partial charge on any atom is 0.321 e. The van der Waals surface area contributed by atoms with E-state index >= 15 is 0 Å². The normalized spacial score (nSPS) is 15.7. The molecular weight excluding hydrogens is 549 g/mol. The highest BCUT2D eigenvalue weighted by Crippen LogP contribution is 2.37. The molecule has 3 atom stereocenters. The van der Waals surface area contributed by atoms with Crippen molar-refractivity contribution < 1.29 is 24.1 Å². The van der Waals surface area contributed by atoms with Crippen LogP contribution in [0.2, 0.25) is 10.0 Å². The molecule has 0 saturated heterocycles. The second-order valence-corrected chi connectivity index (χ2v) is 10.5. The van der Waals surface area contributed by atoms with Gasteiger partial charge in [0.25, 0.3) is 0 Å². The fourth-order valence-corrected chi connectivity index (χ4v) is 4.90. The molecule has 1 heterocycles. The highest BCUT2D eigenvalue weighted by atomic mass is 35.5. The maximum absolute atomic E-state index is 12.0. The van der Waals surface area contributed by atoms with Gasteiger partial charge in [-0.25, -0.2) is 0 Å². The lowest BCUT2D eigenvalue weighted by Crippen LogP contribution is -2.40. The Morgan fingerprint density at radius 3 is 2.42 bits per heavy atom. The Morgan fingerprint density at radius 2 is 1.70 bits per heavy atom. The van der Waals surface area contributed by atoms with E-state index in [1.165, 1.54) is 0 Å². The minimum absolute atomic E-state index is 0.104. The van der Waals surface area contributed by atoms with Crippen molar-refractivity contribution >= 4 is 29.2 Å². The Balaban J connectivity index is 1.18. The zero-order chi connectivity index (χ0) is 28.1. The third-order valence-electron chi connectivity index (χ3n) is 6.80. The van der Waals surface area contributed by atoms with Gasteiger partial charge in [0.1, 0.15) is 25.0 Å². The molecule has 0 saturated carbocycles. The Morgan fingerprint density at radius 1 is 0.950 bits per heavy atom. The lowest BCUT2D eigenvalue weighted by molar-refractivity contribution is -0.139. The third-order valence-corrected chi connectivity index (χ3v) is 7.54. The molecule has 0 radical (unpaired) electrons. The zero-order valence-corrected chi connectivity index (χ0v) is 23.4. The molecule has 4 aromatic carbocycles. The SMILES string of the molecule is C[C@H](N[C@@H](Cc1ccc2c(c1)OC[C@H](c1ccc(OCc3ccc(Cl)c(Cl)c3)cc1)O2)C(=O)O)c1ccccc1. The van der Waals surface area contributed by atoms with E-state index in [2.05, 4.69) is 5.32 Å². The molecule has 8 heteroatoms. The molecule has 0 amide bonds. The van der Waals surface area contributed by atoms with Gasteiger partial charge in [0.2, 0.25) is 0 Å². The Bertz CT molecular complexity index is 1460. The molecular formula is C32H29Cl2NO5. The number of benzene rings is 4. The third kappa shape index (κ3) is 6.89. The molecule has 0 aliphatic carbocycles. The molecule has 0 bridgehead atoms. The number of carboxylic acid groups (broad SMARTS) is 1. The van der Waals surface area contributed by atoms with E-state index in [0.29, 0.717) is 41.2 Å². The van der Waals surface area contributed by atoms with Crippen LogP contribution in [0.1, 0.15) is 41.3 Å². The van der Waals surface area contributed by atoms with Gasteiger partial charge < -0.3 is 19.3 Å². The van der Waals surface area contributed by atoms with Crippen molar-refractivity contribution in [1.82, 2.24) is 5.32 Å². The van der Waals surface area contributed by atoms with E-state index in [-0.39, 0.29) is 12.1 Å². The number of aliphatic carboxylic acids is 1. The van der Waals surface area contributed by atoms with E-state index < -0.39 is 12.0 Å². The quantitative estimate of drug-likeness (QED) is 0.204. The Kier molecular flexibility index (Phi) is 8.80. The van der Waals surface area contributed by atoms with Crippen molar-refractivity contribution in [2.45, 2.75) is 38.1 Å². The van der Waals surface area contributed by atoms with Crippen LogP contribution in [0.4, 0.5) is 0 Å². The highest BCUT2D eigenvalue weighted by Gasteiger charge is 2.25. The van der Waals surface area contributed by atoms with Crippen LogP contribution < -0.4 is 19.5 Å². The Hall–Kier alpha value is -3.71. The standard InChI is InChI=1S/C32H29Cl2NO5/c1-20(23-5-3-2-4-6-23)35-28(32(36)37)16-21-8-14-29-30(17-21)39-19-31(40-29)24-9-11-25(12-10-24)38-18-22-7-13-26(33)27(34)15-22/h2-15,17,20,28,31,35H,16,18-19H2,1H3,(H,36,37)/t20-,28-,31+/m0/s1. The van der Waals surface area contributed by atoms with Crippen LogP contribution >= 0.6 is 23.2 Å². The fraction of sp³-hybridized carbons (Fsp3) is 0.219. The van der Waals surface area contributed by atoms with E-state index in [1.807, 2.05) is 85.8 Å². The topological polar surface area (TPSA) is 77.0 Å². The summed E-state index contributed by atoms with van der Waals surface area (Å²) in [5.41, 5.74) is 3.77. The van der Waals surface area contributed by atoms with Gasteiger partial charge in [-0.1, -0.05) is 77.8 Å². The summed E-state index contributed by atoms with van der Waals surface area (Å²) in [6.07, 6.45) is 0.0404. The molecule has 2 N–H and O–H groups in total. The smallest absolute Gasteiger partial charge is 0.321 e. The molecule has 0 spiro atoms. The molecule has 0 aromatic heterocycles. The summed E-state index contributed by atoms with van der Waals surface area (Å²) in [6, 6.07) is 27.6. The predicted molar refractivity (Wildman–Crippen MR) is 156 cm³/mol. The summed E-state index contributed by atoms with van der Waals surface area (Å²) in [4.78, 5) is 12.0. The van der Waals surface area contributed by atoms with Crippen LogP contribution in [-0.4, -0.2) is 23.7 Å². The van der Waals surface area contributed by atoms with Gasteiger partial charge in [-0.05, 0) is 72.0 Å². The minimum Gasteiger partial charge on any atom is -0.489 e. The van der Waals surface area contributed by atoms with Crippen molar-refractivity contribution in [3.8, 4) is 17.2 Å². The fourth-order valence-electron chi connectivity index (χ4n) is 4.57. The monoisotopic (exact) mass is 577 g/mol. The summed E-state index contributed by atoms with van der Waals surface area (Å²) in [6.45, 7) is 2.67. The van der Waals surface area contributed by atoms with E-state index in [9.17, 15) is 9.90 Å². The summed E-state index contributed by atoms with van der Waals surface area (Å²) in [7, 11) is 0. The number of halogens is 2. The summed E-state index contributed by atoms with van der Waals surface area (Å²) in [5.74, 6) is 1.05. The number of ether oxygens (including phenoxy) is 3. The van der Waals surface area contributed by atoms with Crippen LogP contribution in [0.5, 0.6) is 17.2 Å². The van der Waals surface area contributed by atoms with Gasteiger partial charge in [0, 0.05) is 6.04 Å². The first-order valence-corrected chi connectivity index (χ1v) is 13.7. The summed E-state index contributed by atoms with van der Waals surface area (Å²) in [5, 5.41) is 14.1. The van der Waals surface area contributed by atoms with Gasteiger partial charge in [-0.3, -0.25) is 10.1 Å². The first kappa shape index (κ1) is 27.8. The average Bonchev–Trinajstić information content (AvgIpc) is 2.97. The average molecular weight is 578 g/mol. The van der Waals surface area contributed by atoms with E-state index in [4.69, 9.17) is 37.4 Å². The lowest BCUT2D eigenvalue weighted by Gasteiger charge is -2.27. The second kappa shape index (κ2) is 12.6. The maximum atomic E-state index is 12.0. The van der Waals surface area contributed by atoms with Crippen molar-refractivity contribution in [2.75, 3.05) is 6.61 Å².